The van der Waals surface area contributed by atoms with Gasteiger partial charge in [-0.1, -0.05) is 0 Å². The lowest BCUT2D eigenvalue weighted by Gasteiger charge is -2.12. The van der Waals surface area contributed by atoms with Crippen LogP contribution in [0.15, 0.2) is 12.1 Å². The fourth-order valence-electron chi connectivity index (χ4n) is 1.73. The number of hydrogen-bond acceptors (Lipinski definition) is 2. The summed E-state index contributed by atoms with van der Waals surface area (Å²) in [5.41, 5.74) is 6.31. The highest BCUT2D eigenvalue weighted by molar-refractivity contribution is 5.33. The smallest absolute Gasteiger partial charge is 0.128 e. The van der Waals surface area contributed by atoms with Gasteiger partial charge in [0.2, 0.25) is 0 Å². The van der Waals surface area contributed by atoms with Crippen molar-refractivity contribution in [2.75, 3.05) is 13.2 Å². The van der Waals surface area contributed by atoms with Crippen LogP contribution >= 0.6 is 0 Å². The highest BCUT2D eigenvalue weighted by Crippen LogP contribution is 2.25. The number of rotatable bonds is 0. The molecule has 1 aliphatic heterocycles. The van der Waals surface area contributed by atoms with Crippen LogP contribution in [0.5, 0.6) is 0 Å². The highest BCUT2D eigenvalue weighted by atomic mass is 19.1. The van der Waals surface area contributed by atoms with E-state index in [9.17, 15) is 8.78 Å². The minimum absolute atomic E-state index is 0.243. The van der Waals surface area contributed by atoms with Gasteiger partial charge in [0.1, 0.15) is 11.6 Å². The van der Waals surface area contributed by atoms with E-state index in [1.165, 1.54) is 0 Å². The van der Waals surface area contributed by atoms with Gasteiger partial charge in [0.25, 0.3) is 0 Å². The number of hydrogen-bond donors (Lipinski definition) is 1. The summed E-state index contributed by atoms with van der Waals surface area (Å²) in [7, 11) is 0. The highest BCUT2D eigenvalue weighted by Gasteiger charge is 2.22. The van der Waals surface area contributed by atoms with Crippen molar-refractivity contribution in [3.05, 3.63) is 34.9 Å². The molecule has 0 spiro atoms. The molecule has 76 valence electrons. The van der Waals surface area contributed by atoms with Gasteiger partial charge in [-0.3, -0.25) is 0 Å². The average molecular weight is 199 g/mol. The molecule has 1 heterocycles. The lowest BCUT2D eigenvalue weighted by molar-refractivity contribution is 0.130. The van der Waals surface area contributed by atoms with Crippen LogP contribution in [0.1, 0.15) is 17.2 Å². The first-order valence-electron chi connectivity index (χ1n) is 4.50. The van der Waals surface area contributed by atoms with E-state index in [1.807, 2.05) is 0 Å². The van der Waals surface area contributed by atoms with Crippen molar-refractivity contribution >= 4 is 0 Å². The Labute approximate surface area is 80.7 Å². The van der Waals surface area contributed by atoms with Crippen molar-refractivity contribution in [3.63, 3.8) is 0 Å². The molecule has 0 radical (unpaired) electrons. The lowest BCUT2D eigenvalue weighted by Crippen LogP contribution is -2.18. The lowest BCUT2D eigenvalue weighted by atomic mass is 9.99. The summed E-state index contributed by atoms with van der Waals surface area (Å²) in [6.07, 6.45) is 0.382. The summed E-state index contributed by atoms with van der Waals surface area (Å²) in [6, 6.07) is 1.68. The fourth-order valence-corrected chi connectivity index (χ4v) is 1.73. The van der Waals surface area contributed by atoms with Gasteiger partial charge in [-0.25, -0.2) is 8.78 Å². The minimum atomic E-state index is -0.566. The zero-order chi connectivity index (χ0) is 10.1. The normalized spacial score (nSPS) is 21.5. The van der Waals surface area contributed by atoms with E-state index in [0.717, 1.165) is 12.1 Å². The molecular formula is C10H11F2NO. The summed E-state index contributed by atoms with van der Waals surface area (Å²) in [5, 5.41) is 0. The van der Waals surface area contributed by atoms with Gasteiger partial charge in [0.15, 0.2) is 0 Å². The molecule has 0 fully saturated rings. The van der Waals surface area contributed by atoms with Crippen LogP contribution in [-0.4, -0.2) is 13.2 Å². The van der Waals surface area contributed by atoms with E-state index in [0.29, 0.717) is 18.6 Å². The third-order valence-electron chi connectivity index (χ3n) is 2.41. The molecule has 1 aliphatic rings. The molecule has 2 rings (SSSR count). The van der Waals surface area contributed by atoms with E-state index < -0.39 is 17.7 Å². The molecular weight excluding hydrogens is 188 g/mol. The van der Waals surface area contributed by atoms with E-state index in [2.05, 4.69) is 0 Å². The topological polar surface area (TPSA) is 35.2 Å². The second-order valence-corrected chi connectivity index (χ2v) is 3.35. The van der Waals surface area contributed by atoms with Crippen LogP contribution in [0.25, 0.3) is 0 Å². The number of benzene rings is 1. The van der Waals surface area contributed by atoms with Crippen molar-refractivity contribution in [1.29, 1.82) is 0 Å². The molecule has 1 unspecified atom stereocenters. The molecule has 14 heavy (non-hydrogen) atoms. The van der Waals surface area contributed by atoms with Crippen LogP contribution in [0.2, 0.25) is 0 Å². The Balaban J connectivity index is 2.57. The second-order valence-electron chi connectivity index (χ2n) is 3.35. The van der Waals surface area contributed by atoms with Crippen LogP contribution in [0, 0.1) is 11.6 Å². The Hall–Kier alpha value is -1.00. The first-order valence-corrected chi connectivity index (χ1v) is 4.50. The summed E-state index contributed by atoms with van der Waals surface area (Å²) < 4.78 is 31.8. The minimum Gasteiger partial charge on any atom is -0.379 e. The first kappa shape index (κ1) is 9.55. The van der Waals surface area contributed by atoms with Crippen LogP contribution in [0.4, 0.5) is 8.78 Å². The monoisotopic (exact) mass is 199 g/mol. The largest absolute Gasteiger partial charge is 0.379 e. The summed E-state index contributed by atoms with van der Waals surface area (Å²) >= 11 is 0. The van der Waals surface area contributed by atoms with Gasteiger partial charge in [-0.15, -0.1) is 0 Å². The van der Waals surface area contributed by atoms with Crippen LogP contribution in [-0.2, 0) is 11.2 Å². The first-order chi connectivity index (χ1) is 6.70. The summed E-state index contributed by atoms with van der Waals surface area (Å²) in [6.45, 7) is 0.633. The zero-order valence-electron chi connectivity index (χ0n) is 7.59. The molecule has 2 N–H and O–H groups in total. The maximum atomic E-state index is 13.4. The molecule has 1 atom stereocenters. The summed E-state index contributed by atoms with van der Waals surface area (Å²) in [5.74, 6) is -0.846. The fraction of sp³-hybridized carbons (Fsp3) is 0.400. The Morgan fingerprint density at radius 2 is 2.00 bits per heavy atom. The Morgan fingerprint density at radius 1 is 1.29 bits per heavy atom. The SMILES string of the molecule is NC1COCCc2c(F)ccc(F)c21. The average Bonchev–Trinajstić information content (AvgIpc) is 2.35. The van der Waals surface area contributed by atoms with Crippen molar-refractivity contribution in [1.82, 2.24) is 0 Å². The molecule has 2 nitrogen and oxygen atoms in total. The van der Waals surface area contributed by atoms with E-state index in [4.69, 9.17) is 10.5 Å². The quantitative estimate of drug-likeness (QED) is 0.687. The van der Waals surface area contributed by atoms with Gasteiger partial charge in [-0.2, -0.15) is 0 Å². The maximum absolute atomic E-state index is 13.4. The van der Waals surface area contributed by atoms with Crippen LogP contribution in [0.3, 0.4) is 0 Å². The molecule has 0 saturated carbocycles. The van der Waals surface area contributed by atoms with Gasteiger partial charge in [-0.05, 0) is 24.1 Å². The van der Waals surface area contributed by atoms with Gasteiger partial charge >= 0.3 is 0 Å². The third kappa shape index (κ3) is 1.51. The van der Waals surface area contributed by atoms with Gasteiger partial charge < -0.3 is 10.5 Å². The predicted octanol–water partition coefficient (Wildman–Crippen LogP) is 1.54. The molecule has 0 bridgehead atoms. The molecule has 0 amide bonds. The molecule has 1 aromatic rings. The van der Waals surface area contributed by atoms with E-state index in [-0.39, 0.29) is 12.2 Å². The number of halogens is 2. The van der Waals surface area contributed by atoms with Gasteiger partial charge in [0, 0.05) is 5.56 Å². The molecule has 0 aromatic heterocycles. The zero-order valence-corrected chi connectivity index (χ0v) is 7.59. The summed E-state index contributed by atoms with van der Waals surface area (Å²) in [4.78, 5) is 0. The molecule has 4 heteroatoms. The maximum Gasteiger partial charge on any atom is 0.128 e. The molecule has 0 aliphatic carbocycles. The van der Waals surface area contributed by atoms with Crippen molar-refractivity contribution in [2.24, 2.45) is 5.73 Å². The van der Waals surface area contributed by atoms with Crippen LogP contribution < -0.4 is 5.73 Å². The third-order valence-corrected chi connectivity index (χ3v) is 2.41. The van der Waals surface area contributed by atoms with Gasteiger partial charge in [0.05, 0.1) is 19.3 Å². The van der Waals surface area contributed by atoms with E-state index in [1.54, 1.807) is 0 Å². The second kappa shape index (κ2) is 3.63. The van der Waals surface area contributed by atoms with Crippen molar-refractivity contribution < 1.29 is 13.5 Å². The number of nitrogens with two attached hydrogens (primary N) is 1. The molecule has 1 aromatic carbocycles. The Morgan fingerprint density at radius 3 is 2.79 bits per heavy atom. The Bertz CT molecular complexity index is 354. The standard InChI is InChI=1S/C10H11F2NO/c11-7-1-2-8(12)10-6(7)3-4-14-5-9(10)13/h1-2,9H,3-5,13H2. The van der Waals surface area contributed by atoms with Crippen molar-refractivity contribution in [2.45, 2.75) is 12.5 Å². The Kier molecular flexibility index (Phi) is 2.48. The number of fused-ring (bicyclic) bond motifs is 1. The molecule has 0 saturated heterocycles. The van der Waals surface area contributed by atoms with Crippen molar-refractivity contribution in [3.8, 4) is 0 Å². The predicted molar refractivity (Wildman–Crippen MR) is 47.8 cm³/mol. The van der Waals surface area contributed by atoms with E-state index >= 15 is 0 Å². The number of ether oxygens (including phenoxy) is 1.